The fourth-order valence-corrected chi connectivity index (χ4v) is 2.57. The number of rotatable bonds is 7. The standard InChI is InChI=1S/C18H23NO6/c1-3-24-15-6-4-13(10-16(15)23-2)5-7-17(20)19-8-9-25-14(12-19)11-18(21)22/h4-7,10,14H,3,8-9,11-12H2,1-2H3,(H,21,22)/b7-5+. The SMILES string of the molecule is CCOc1ccc(/C=C/C(=O)N2CCOC(CC(=O)O)C2)cc1OC. The fourth-order valence-electron chi connectivity index (χ4n) is 2.57. The van der Waals surface area contributed by atoms with Gasteiger partial charge in [-0.3, -0.25) is 9.59 Å². The first-order valence-electron chi connectivity index (χ1n) is 8.14. The molecule has 0 saturated carbocycles. The lowest BCUT2D eigenvalue weighted by molar-refractivity contribution is -0.145. The van der Waals surface area contributed by atoms with Crippen LogP contribution < -0.4 is 9.47 Å². The third-order valence-corrected chi connectivity index (χ3v) is 3.76. The van der Waals surface area contributed by atoms with Crippen molar-refractivity contribution in [2.45, 2.75) is 19.4 Å². The van der Waals surface area contributed by atoms with Crippen molar-refractivity contribution in [3.8, 4) is 11.5 Å². The molecule has 0 radical (unpaired) electrons. The zero-order valence-electron chi connectivity index (χ0n) is 14.4. The van der Waals surface area contributed by atoms with Crippen LogP contribution >= 0.6 is 0 Å². The summed E-state index contributed by atoms with van der Waals surface area (Å²) in [6.07, 6.45) is 2.60. The molecule has 1 aliphatic rings. The number of carbonyl (C=O) groups is 2. The predicted octanol–water partition coefficient (Wildman–Crippen LogP) is 1.81. The van der Waals surface area contributed by atoms with Crippen molar-refractivity contribution in [2.24, 2.45) is 0 Å². The van der Waals surface area contributed by atoms with E-state index in [2.05, 4.69) is 0 Å². The second-order valence-electron chi connectivity index (χ2n) is 5.55. The number of hydrogen-bond acceptors (Lipinski definition) is 5. The van der Waals surface area contributed by atoms with Crippen molar-refractivity contribution in [3.63, 3.8) is 0 Å². The Balaban J connectivity index is 2.00. The number of aliphatic carboxylic acids is 1. The largest absolute Gasteiger partial charge is 0.493 e. The third kappa shape index (κ3) is 5.49. The summed E-state index contributed by atoms with van der Waals surface area (Å²) in [5, 5.41) is 8.83. The van der Waals surface area contributed by atoms with Gasteiger partial charge in [-0.2, -0.15) is 0 Å². The minimum absolute atomic E-state index is 0.108. The minimum Gasteiger partial charge on any atom is -0.493 e. The number of benzene rings is 1. The van der Waals surface area contributed by atoms with Crippen LogP contribution in [0.2, 0.25) is 0 Å². The van der Waals surface area contributed by atoms with Gasteiger partial charge in [0.2, 0.25) is 5.91 Å². The van der Waals surface area contributed by atoms with E-state index in [4.69, 9.17) is 19.3 Å². The van der Waals surface area contributed by atoms with Crippen LogP contribution in [0.3, 0.4) is 0 Å². The molecule has 1 fully saturated rings. The molecule has 1 amide bonds. The van der Waals surface area contributed by atoms with E-state index in [0.717, 1.165) is 5.56 Å². The lowest BCUT2D eigenvalue weighted by Gasteiger charge is -2.31. The smallest absolute Gasteiger partial charge is 0.306 e. The first-order valence-corrected chi connectivity index (χ1v) is 8.14. The van der Waals surface area contributed by atoms with Gasteiger partial charge >= 0.3 is 5.97 Å². The first-order chi connectivity index (χ1) is 12.0. The predicted molar refractivity (Wildman–Crippen MR) is 91.8 cm³/mol. The number of morpholine rings is 1. The molecule has 1 saturated heterocycles. The summed E-state index contributed by atoms with van der Waals surface area (Å²) < 4.78 is 16.1. The average molecular weight is 349 g/mol. The Morgan fingerprint density at radius 3 is 2.88 bits per heavy atom. The number of methoxy groups -OCH3 is 1. The number of hydrogen-bond donors (Lipinski definition) is 1. The van der Waals surface area contributed by atoms with Gasteiger partial charge < -0.3 is 24.2 Å². The van der Waals surface area contributed by atoms with E-state index in [0.29, 0.717) is 31.3 Å². The lowest BCUT2D eigenvalue weighted by atomic mass is 10.1. The highest BCUT2D eigenvalue weighted by molar-refractivity contribution is 5.92. The van der Waals surface area contributed by atoms with Gasteiger partial charge in [0, 0.05) is 19.2 Å². The van der Waals surface area contributed by atoms with Gasteiger partial charge in [0.05, 0.1) is 32.8 Å². The van der Waals surface area contributed by atoms with Gasteiger partial charge in [0.1, 0.15) is 0 Å². The van der Waals surface area contributed by atoms with Crippen molar-refractivity contribution >= 4 is 18.0 Å². The monoisotopic (exact) mass is 349 g/mol. The van der Waals surface area contributed by atoms with E-state index in [1.54, 1.807) is 30.2 Å². The molecular formula is C18H23NO6. The number of ether oxygens (including phenoxy) is 3. The zero-order valence-corrected chi connectivity index (χ0v) is 14.4. The van der Waals surface area contributed by atoms with Gasteiger partial charge in [-0.25, -0.2) is 0 Å². The summed E-state index contributed by atoms with van der Waals surface area (Å²) in [6, 6.07) is 5.43. The molecule has 7 heteroatoms. The summed E-state index contributed by atoms with van der Waals surface area (Å²) in [6.45, 7) is 3.51. The van der Waals surface area contributed by atoms with Crippen LogP contribution in [-0.2, 0) is 14.3 Å². The van der Waals surface area contributed by atoms with Crippen molar-refractivity contribution in [1.29, 1.82) is 0 Å². The average Bonchev–Trinajstić information content (AvgIpc) is 2.60. The lowest BCUT2D eigenvalue weighted by Crippen LogP contribution is -2.45. The van der Waals surface area contributed by atoms with Crippen LogP contribution in [0.15, 0.2) is 24.3 Å². The normalized spacial score (nSPS) is 17.5. The van der Waals surface area contributed by atoms with Gasteiger partial charge in [-0.05, 0) is 30.7 Å². The van der Waals surface area contributed by atoms with Gasteiger partial charge in [0.15, 0.2) is 11.5 Å². The Morgan fingerprint density at radius 2 is 2.20 bits per heavy atom. The quantitative estimate of drug-likeness (QED) is 0.756. The number of carbonyl (C=O) groups excluding carboxylic acids is 1. The molecule has 1 aromatic rings. The summed E-state index contributed by atoms with van der Waals surface area (Å²) in [5.41, 5.74) is 0.809. The molecule has 1 aliphatic heterocycles. The zero-order chi connectivity index (χ0) is 18.2. The molecule has 136 valence electrons. The molecule has 1 unspecified atom stereocenters. The van der Waals surface area contributed by atoms with E-state index in [1.165, 1.54) is 6.08 Å². The second-order valence-corrected chi connectivity index (χ2v) is 5.55. The molecule has 0 bridgehead atoms. The van der Waals surface area contributed by atoms with E-state index in [1.807, 2.05) is 13.0 Å². The van der Waals surface area contributed by atoms with E-state index < -0.39 is 12.1 Å². The Morgan fingerprint density at radius 1 is 1.40 bits per heavy atom. The second kappa shape index (κ2) is 9.08. The number of nitrogens with zero attached hydrogens (tertiary/aromatic N) is 1. The van der Waals surface area contributed by atoms with Crippen LogP contribution in [0.1, 0.15) is 18.9 Å². The topological polar surface area (TPSA) is 85.3 Å². The summed E-state index contributed by atoms with van der Waals surface area (Å²) in [4.78, 5) is 24.7. The van der Waals surface area contributed by atoms with Crippen molar-refractivity contribution in [3.05, 3.63) is 29.8 Å². The Labute approximate surface area is 146 Å². The van der Waals surface area contributed by atoms with Crippen molar-refractivity contribution in [1.82, 2.24) is 4.90 Å². The summed E-state index contributed by atoms with van der Waals surface area (Å²) in [7, 11) is 1.56. The highest BCUT2D eigenvalue weighted by atomic mass is 16.5. The molecule has 1 atom stereocenters. The Hall–Kier alpha value is -2.54. The van der Waals surface area contributed by atoms with Crippen LogP contribution in [-0.4, -0.2) is 61.4 Å². The van der Waals surface area contributed by atoms with Gasteiger partial charge in [-0.1, -0.05) is 6.07 Å². The molecule has 1 N–H and O–H groups in total. The number of carboxylic acids is 1. The molecule has 1 aromatic carbocycles. The Bertz CT molecular complexity index is 642. The Kier molecular flexibility index (Phi) is 6.82. The number of amides is 1. The molecule has 0 spiro atoms. The maximum atomic E-state index is 12.3. The van der Waals surface area contributed by atoms with E-state index in [9.17, 15) is 9.59 Å². The third-order valence-electron chi connectivity index (χ3n) is 3.76. The van der Waals surface area contributed by atoms with Crippen molar-refractivity contribution in [2.75, 3.05) is 33.4 Å². The van der Waals surface area contributed by atoms with Gasteiger partial charge in [-0.15, -0.1) is 0 Å². The number of carboxylic acid groups (broad SMARTS) is 1. The molecule has 7 nitrogen and oxygen atoms in total. The minimum atomic E-state index is -0.934. The van der Waals surface area contributed by atoms with E-state index >= 15 is 0 Å². The van der Waals surface area contributed by atoms with Gasteiger partial charge in [0.25, 0.3) is 0 Å². The first kappa shape index (κ1) is 18.8. The van der Waals surface area contributed by atoms with Crippen LogP contribution in [0.4, 0.5) is 0 Å². The summed E-state index contributed by atoms with van der Waals surface area (Å²) >= 11 is 0. The maximum Gasteiger partial charge on any atom is 0.306 e. The van der Waals surface area contributed by atoms with E-state index in [-0.39, 0.29) is 18.9 Å². The summed E-state index contributed by atoms with van der Waals surface area (Å²) in [5.74, 6) is 0.144. The molecule has 25 heavy (non-hydrogen) atoms. The highest BCUT2D eigenvalue weighted by Crippen LogP contribution is 2.28. The maximum absolute atomic E-state index is 12.3. The molecular weight excluding hydrogens is 326 g/mol. The highest BCUT2D eigenvalue weighted by Gasteiger charge is 2.24. The molecule has 1 heterocycles. The molecule has 2 rings (SSSR count). The fraction of sp³-hybridized carbons (Fsp3) is 0.444. The van der Waals surface area contributed by atoms with Crippen molar-refractivity contribution < 1.29 is 28.9 Å². The van der Waals surface area contributed by atoms with Crippen LogP contribution in [0, 0.1) is 0 Å². The molecule has 0 aliphatic carbocycles. The molecule has 0 aromatic heterocycles. The van der Waals surface area contributed by atoms with Crippen LogP contribution in [0.25, 0.3) is 6.08 Å². The van der Waals surface area contributed by atoms with Crippen LogP contribution in [0.5, 0.6) is 11.5 Å².